The molecular weight excluding hydrogens is 258 g/mol. The van der Waals surface area contributed by atoms with Crippen LogP contribution in [0.15, 0.2) is 36.2 Å². The average molecular weight is 284 g/mol. The third-order valence-corrected chi connectivity index (χ3v) is 5.64. The Hall–Kier alpha value is -1.15. The van der Waals surface area contributed by atoms with Crippen LogP contribution in [0.25, 0.3) is 0 Å². The van der Waals surface area contributed by atoms with Crippen LogP contribution in [0.5, 0.6) is 0 Å². The van der Waals surface area contributed by atoms with Crippen LogP contribution in [0.2, 0.25) is 0 Å². The van der Waals surface area contributed by atoms with Gasteiger partial charge >= 0.3 is 0 Å². The van der Waals surface area contributed by atoms with E-state index >= 15 is 0 Å². The largest absolute Gasteiger partial charge is 0.369 e. The number of rotatable bonds is 1. The van der Waals surface area contributed by atoms with Crippen LogP contribution in [0.3, 0.4) is 0 Å². The zero-order valence-electron chi connectivity index (χ0n) is 13.0. The van der Waals surface area contributed by atoms with E-state index in [1.807, 2.05) is 0 Å². The molecule has 1 aromatic heterocycles. The van der Waals surface area contributed by atoms with Crippen LogP contribution in [-0.4, -0.2) is 6.10 Å². The molecule has 0 bridgehead atoms. The summed E-state index contributed by atoms with van der Waals surface area (Å²) in [4.78, 5) is 0. The van der Waals surface area contributed by atoms with Gasteiger partial charge in [-0.15, -0.1) is 0 Å². The summed E-state index contributed by atoms with van der Waals surface area (Å²) in [5, 5.41) is 0. The van der Waals surface area contributed by atoms with Crippen molar-refractivity contribution in [1.29, 1.82) is 0 Å². The Balaban J connectivity index is 1.70. The van der Waals surface area contributed by atoms with E-state index in [4.69, 9.17) is 4.74 Å². The summed E-state index contributed by atoms with van der Waals surface area (Å²) in [5.74, 6) is 1.35. The molecule has 4 atom stereocenters. The Morgan fingerprint density at radius 3 is 2.86 bits per heavy atom. The second-order valence-corrected chi connectivity index (χ2v) is 7.03. The van der Waals surface area contributed by atoms with Crippen molar-refractivity contribution >= 4 is 0 Å². The van der Waals surface area contributed by atoms with Gasteiger partial charge in [0.1, 0.15) is 7.05 Å². The third-order valence-electron chi connectivity index (χ3n) is 5.64. The lowest BCUT2D eigenvalue weighted by Crippen LogP contribution is -2.42. The normalized spacial score (nSPS) is 35.6. The van der Waals surface area contributed by atoms with E-state index in [1.165, 1.54) is 50.5 Å². The zero-order chi connectivity index (χ0) is 14.2. The highest BCUT2D eigenvalue weighted by Gasteiger charge is 2.43. The summed E-state index contributed by atoms with van der Waals surface area (Å²) >= 11 is 0. The first-order chi connectivity index (χ1) is 10.3. The van der Waals surface area contributed by atoms with E-state index in [1.54, 1.807) is 5.57 Å². The van der Waals surface area contributed by atoms with Crippen molar-refractivity contribution in [3.63, 3.8) is 0 Å². The molecule has 0 unspecified atom stereocenters. The number of hydrogen-bond acceptors (Lipinski definition) is 1. The maximum atomic E-state index is 6.65. The molecule has 2 aliphatic carbocycles. The monoisotopic (exact) mass is 284 g/mol. The van der Waals surface area contributed by atoms with Crippen molar-refractivity contribution < 1.29 is 9.30 Å². The third kappa shape index (κ3) is 2.44. The molecule has 0 N–H and O–H groups in total. The summed E-state index contributed by atoms with van der Waals surface area (Å²) < 4.78 is 8.80. The lowest BCUT2D eigenvalue weighted by molar-refractivity contribution is -0.672. The van der Waals surface area contributed by atoms with Crippen molar-refractivity contribution in [2.75, 3.05) is 0 Å². The number of hydrogen-bond donors (Lipinski definition) is 0. The summed E-state index contributed by atoms with van der Waals surface area (Å²) in [6, 6.07) is 4.40. The molecule has 0 amide bonds. The number of fused-ring (bicyclic) bond motifs is 3. The summed E-state index contributed by atoms with van der Waals surface area (Å²) in [5.41, 5.74) is 3.11. The average Bonchev–Trinajstić information content (AvgIpc) is 2.54. The smallest absolute Gasteiger partial charge is 0.174 e. The van der Waals surface area contributed by atoms with Crippen molar-refractivity contribution in [3.8, 4) is 0 Å². The maximum absolute atomic E-state index is 6.65. The minimum absolute atomic E-state index is 0.281. The standard InChI is InChI=1S/C19H26NO/c1-20-12-6-7-14(13-20)19-17-10-3-2-8-15(17)16-9-4-5-11-18(16)21-19/h6-8,12-13,16-19H,2-5,9-11H2,1H3/q+1/t16-,17+,18-,19+/m1/s1. The predicted octanol–water partition coefficient (Wildman–Crippen LogP) is 3.87. The van der Waals surface area contributed by atoms with Crippen LogP contribution in [0.4, 0.5) is 0 Å². The van der Waals surface area contributed by atoms with Crippen LogP contribution >= 0.6 is 0 Å². The van der Waals surface area contributed by atoms with Crippen molar-refractivity contribution in [3.05, 3.63) is 41.7 Å². The number of pyridine rings is 1. The first kappa shape index (κ1) is 13.5. The number of ether oxygens (including phenoxy) is 1. The lowest BCUT2D eigenvalue weighted by atomic mass is 9.68. The molecule has 1 saturated heterocycles. The highest BCUT2D eigenvalue weighted by molar-refractivity contribution is 5.25. The summed E-state index contributed by atoms with van der Waals surface area (Å²) in [7, 11) is 2.10. The number of allylic oxidation sites excluding steroid dienone is 1. The Bertz CT molecular complexity index is 550. The molecule has 2 heterocycles. The Kier molecular flexibility index (Phi) is 3.58. The van der Waals surface area contributed by atoms with Crippen molar-refractivity contribution in [2.24, 2.45) is 18.9 Å². The molecule has 2 nitrogen and oxygen atoms in total. The summed E-state index contributed by atoms with van der Waals surface area (Å²) in [6.45, 7) is 0. The van der Waals surface area contributed by atoms with Gasteiger partial charge in [0, 0.05) is 23.5 Å². The van der Waals surface area contributed by atoms with E-state index in [0.29, 0.717) is 12.0 Å². The van der Waals surface area contributed by atoms with Crippen LogP contribution in [-0.2, 0) is 11.8 Å². The van der Waals surface area contributed by atoms with Gasteiger partial charge in [-0.2, -0.15) is 0 Å². The topological polar surface area (TPSA) is 13.1 Å². The van der Waals surface area contributed by atoms with Gasteiger partial charge < -0.3 is 4.74 Å². The molecule has 2 fully saturated rings. The quantitative estimate of drug-likeness (QED) is 0.563. The van der Waals surface area contributed by atoms with Crippen LogP contribution in [0, 0.1) is 11.8 Å². The van der Waals surface area contributed by atoms with Gasteiger partial charge in [-0.25, -0.2) is 4.57 Å². The van der Waals surface area contributed by atoms with E-state index in [9.17, 15) is 0 Å². The molecule has 4 rings (SSSR count). The first-order valence-corrected chi connectivity index (χ1v) is 8.63. The van der Waals surface area contributed by atoms with Crippen LogP contribution < -0.4 is 4.57 Å². The number of aryl methyl sites for hydroxylation is 1. The van der Waals surface area contributed by atoms with E-state index in [2.05, 4.69) is 42.2 Å². The fourth-order valence-corrected chi connectivity index (χ4v) is 4.69. The van der Waals surface area contributed by atoms with Crippen molar-refractivity contribution in [2.45, 2.75) is 57.2 Å². The Labute approximate surface area is 127 Å². The molecule has 2 heteroatoms. The minimum atomic E-state index is 0.281. The van der Waals surface area contributed by atoms with E-state index in [0.717, 1.165) is 5.92 Å². The second kappa shape index (κ2) is 5.57. The van der Waals surface area contributed by atoms with Gasteiger partial charge in [0.15, 0.2) is 12.4 Å². The molecule has 1 saturated carbocycles. The predicted molar refractivity (Wildman–Crippen MR) is 82.6 cm³/mol. The second-order valence-electron chi connectivity index (χ2n) is 7.03. The maximum Gasteiger partial charge on any atom is 0.174 e. The number of nitrogens with zero attached hydrogens (tertiary/aromatic N) is 1. The molecular formula is C19H26NO+. The molecule has 1 aromatic rings. The van der Waals surface area contributed by atoms with Gasteiger partial charge in [-0.1, -0.05) is 24.5 Å². The van der Waals surface area contributed by atoms with Gasteiger partial charge in [0.2, 0.25) is 0 Å². The Morgan fingerprint density at radius 2 is 1.95 bits per heavy atom. The van der Waals surface area contributed by atoms with Gasteiger partial charge in [-0.05, 0) is 38.2 Å². The van der Waals surface area contributed by atoms with Gasteiger partial charge in [-0.3, -0.25) is 0 Å². The molecule has 0 spiro atoms. The van der Waals surface area contributed by atoms with E-state index in [-0.39, 0.29) is 6.10 Å². The first-order valence-electron chi connectivity index (χ1n) is 8.63. The molecule has 0 radical (unpaired) electrons. The Morgan fingerprint density at radius 1 is 1.10 bits per heavy atom. The zero-order valence-corrected chi connectivity index (χ0v) is 13.0. The SMILES string of the molecule is C[n+]1cccc([C@@H]2O[C@@H]3CCCC[C@@H]3C3=CCCC[C@@H]32)c1. The fourth-order valence-electron chi connectivity index (χ4n) is 4.69. The van der Waals surface area contributed by atoms with Crippen LogP contribution in [0.1, 0.15) is 56.6 Å². The molecule has 1 aliphatic heterocycles. The molecule has 0 aromatic carbocycles. The number of aromatic nitrogens is 1. The minimum Gasteiger partial charge on any atom is -0.369 e. The van der Waals surface area contributed by atoms with Gasteiger partial charge in [0.25, 0.3) is 0 Å². The van der Waals surface area contributed by atoms with E-state index < -0.39 is 0 Å². The fraction of sp³-hybridized carbons (Fsp3) is 0.632. The molecule has 21 heavy (non-hydrogen) atoms. The van der Waals surface area contributed by atoms with Crippen molar-refractivity contribution in [1.82, 2.24) is 0 Å². The highest BCUT2D eigenvalue weighted by Crippen LogP contribution is 2.50. The molecule has 112 valence electrons. The molecule has 3 aliphatic rings. The highest BCUT2D eigenvalue weighted by atomic mass is 16.5. The summed E-state index contributed by atoms with van der Waals surface area (Å²) in [6.07, 6.45) is 16.9. The lowest BCUT2D eigenvalue weighted by Gasteiger charge is -2.47. The van der Waals surface area contributed by atoms with Gasteiger partial charge in [0.05, 0.1) is 12.2 Å².